The first-order valence-electron chi connectivity index (χ1n) is 5.51. The molecule has 4 nitrogen and oxygen atoms in total. The van der Waals surface area contributed by atoms with Crippen LogP contribution in [0.25, 0.3) is 0 Å². The number of benzene rings is 2. The molecule has 2 aromatic carbocycles. The Kier molecular flexibility index (Phi) is 4.70. The van der Waals surface area contributed by atoms with E-state index >= 15 is 0 Å². The van der Waals surface area contributed by atoms with Crippen LogP contribution < -0.4 is 4.72 Å². The molecule has 0 aliphatic heterocycles. The summed E-state index contributed by atoms with van der Waals surface area (Å²) in [6.07, 6.45) is 0. The predicted molar refractivity (Wildman–Crippen MR) is 86.1 cm³/mol. The summed E-state index contributed by atoms with van der Waals surface area (Å²) < 4.78 is 40.4. The molecule has 0 heterocycles. The van der Waals surface area contributed by atoms with Crippen LogP contribution in [0.5, 0.6) is 0 Å². The Hall–Kier alpha value is -1.37. The summed E-state index contributed by atoms with van der Waals surface area (Å²) in [4.78, 5) is -0.205. The molecular formula is C13H7ClFIN2O2S. The number of hydrogen-bond acceptors (Lipinski definition) is 3. The van der Waals surface area contributed by atoms with Gasteiger partial charge in [-0.2, -0.15) is 5.26 Å². The number of nitriles is 1. The summed E-state index contributed by atoms with van der Waals surface area (Å²) in [7, 11) is -3.97. The van der Waals surface area contributed by atoms with Crippen molar-refractivity contribution in [1.29, 1.82) is 5.26 Å². The molecule has 0 radical (unpaired) electrons. The Labute approximate surface area is 139 Å². The van der Waals surface area contributed by atoms with E-state index < -0.39 is 15.8 Å². The average molecular weight is 437 g/mol. The number of hydrogen-bond donors (Lipinski definition) is 1. The molecule has 108 valence electrons. The van der Waals surface area contributed by atoms with Crippen LogP contribution in [0.2, 0.25) is 5.02 Å². The summed E-state index contributed by atoms with van der Waals surface area (Å²) in [5.41, 5.74) is 0.406. The van der Waals surface area contributed by atoms with Gasteiger partial charge in [0.2, 0.25) is 0 Å². The third kappa shape index (κ3) is 3.64. The Morgan fingerprint density at radius 1 is 1.24 bits per heavy atom. The highest BCUT2D eigenvalue weighted by Gasteiger charge is 2.20. The molecule has 0 aliphatic carbocycles. The Balaban J connectivity index is 2.46. The van der Waals surface area contributed by atoms with Crippen LogP contribution in [0.4, 0.5) is 10.1 Å². The van der Waals surface area contributed by atoms with Crippen LogP contribution in [0.3, 0.4) is 0 Å². The number of nitrogens with zero attached hydrogens (tertiary/aromatic N) is 1. The van der Waals surface area contributed by atoms with Gasteiger partial charge in [0.25, 0.3) is 10.0 Å². The summed E-state index contributed by atoms with van der Waals surface area (Å²) >= 11 is 7.69. The Morgan fingerprint density at radius 3 is 2.57 bits per heavy atom. The van der Waals surface area contributed by atoms with Crippen molar-refractivity contribution < 1.29 is 12.8 Å². The molecule has 1 N–H and O–H groups in total. The van der Waals surface area contributed by atoms with Crippen molar-refractivity contribution in [1.82, 2.24) is 0 Å². The van der Waals surface area contributed by atoms with Gasteiger partial charge in [0.05, 0.1) is 22.3 Å². The number of sulfonamides is 1. The van der Waals surface area contributed by atoms with Crippen LogP contribution in [0, 0.1) is 20.7 Å². The Bertz CT molecular complexity index is 850. The van der Waals surface area contributed by atoms with Gasteiger partial charge < -0.3 is 0 Å². The molecule has 0 saturated carbocycles. The zero-order valence-corrected chi connectivity index (χ0v) is 14.0. The lowest BCUT2D eigenvalue weighted by Crippen LogP contribution is -2.14. The van der Waals surface area contributed by atoms with Crippen LogP contribution in [0.1, 0.15) is 5.56 Å². The summed E-state index contributed by atoms with van der Waals surface area (Å²) in [5.74, 6) is -0.466. The van der Waals surface area contributed by atoms with E-state index in [1.807, 2.05) is 28.7 Å². The second-order valence-corrected chi connectivity index (χ2v) is 7.21. The topological polar surface area (TPSA) is 70.0 Å². The molecule has 0 aromatic heterocycles. The van der Waals surface area contributed by atoms with E-state index in [0.717, 1.165) is 6.07 Å². The van der Waals surface area contributed by atoms with E-state index in [1.165, 1.54) is 30.3 Å². The third-order valence-electron chi connectivity index (χ3n) is 2.53. The molecule has 2 rings (SSSR count). The minimum absolute atomic E-state index is 0.00128. The van der Waals surface area contributed by atoms with Crippen molar-refractivity contribution in [2.24, 2.45) is 0 Å². The molecule has 8 heteroatoms. The second-order valence-electron chi connectivity index (χ2n) is 3.99. The van der Waals surface area contributed by atoms with Crippen molar-refractivity contribution in [3.05, 3.63) is 56.4 Å². The fourth-order valence-electron chi connectivity index (χ4n) is 1.55. The van der Waals surface area contributed by atoms with E-state index in [0.29, 0.717) is 3.57 Å². The summed E-state index contributed by atoms with van der Waals surface area (Å²) in [5, 5.41) is 8.83. The van der Waals surface area contributed by atoms with E-state index in [2.05, 4.69) is 4.72 Å². The van der Waals surface area contributed by atoms with E-state index in [-0.39, 0.29) is 21.2 Å². The quantitative estimate of drug-likeness (QED) is 0.745. The van der Waals surface area contributed by atoms with Crippen molar-refractivity contribution >= 4 is 49.9 Å². The van der Waals surface area contributed by atoms with Gasteiger partial charge in [0, 0.05) is 3.57 Å². The highest BCUT2D eigenvalue weighted by molar-refractivity contribution is 14.1. The predicted octanol–water partition coefficient (Wildman–Crippen LogP) is 3.76. The third-order valence-corrected chi connectivity index (χ3v) is 5.26. The molecule has 0 fully saturated rings. The molecule has 0 unspecified atom stereocenters. The molecule has 0 amide bonds. The fourth-order valence-corrected chi connectivity index (χ4v) is 3.95. The van der Waals surface area contributed by atoms with Gasteiger partial charge in [-0.25, -0.2) is 12.8 Å². The first-order valence-corrected chi connectivity index (χ1v) is 8.45. The van der Waals surface area contributed by atoms with Gasteiger partial charge in [-0.1, -0.05) is 11.6 Å². The summed E-state index contributed by atoms with van der Waals surface area (Å²) in [6.45, 7) is 0. The zero-order chi connectivity index (χ0) is 15.6. The molecular weight excluding hydrogens is 430 g/mol. The van der Waals surface area contributed by atoms with Gasteiger partial charge in [-0.3, -0.25) is 4.72 Å². The van der Waals surface area contributed by atoms with Gasteiger partial charge in [0.1, 0.15) is 10.7 Å². The zero-order valence-electron chi connectivity index (χ0n) is 10.3. The summed E-state index contributed by atoms with van der Waals surface area (Å²) in [6, 6.07) is 9.45. The smallest absolute Gasteiger partial charge is 0.263 e. The standard InChI is InChI=1S/C13H7ClFIN2O2S/c14-10-3-1-8(7-17)5-13(10)21(19,20)18-12-4-2-9(15)6-11(12)16/h1-6,18H. The van der Waals surface area contributed by atoms with E-state index in [9.17, 15) is 12.8 Å². The maximum atomic E-state index is 13.0. The molecule has 0 aliphatic rings. The first-order chi connectivity index (χ1) is 9.83. The monoisotopic (exact) mass is 436 g/mol. The lowest BCUT2D eigenvalue weighted by molar-refractivity contribution is 0.601. The number of nitrogens with one attached hydrogen (secondary N) is 1. The molecule has 2 aromatic rings. The van der Waals surface area contributed by atoms with Gasteiger partial charge in [0.15, 0.2) is 0 Å². The number of rotatable bonds is 3. The minimum Gasteiger partial charge on any atom is -0.279 e. The maximum Gasteiger partial charge on any atom is 0.263 e. The fraction of sp³-hybridized carbons (Fsp3) is 0. The lowest BCUT2D eigenvalue weighted by Gasteiger charge is -2.11. The van der Waals surface area contributed by atoms with Gasteiger partial charge >= 0.3 is 0 Å². The van der Waals surface area contributed by atoms with Crippen molar-refractivity contribution in [2.45, 2.75) is 4.90 Å². The molecule has 0 spiro atoms. The van der Waals surface area contributed by atoms with Crippen LogP contribution in [0.15, 0.2) is 41.3 Å². The second kappa shape index (κ2) is 6.17. The van der Waals surface area contributed by atoms with E-state index in [4.69, 9.17) is 16.9 Å². The molecule has 21 heavy (non-hydrogen) atoms. The SMILES string of the molecule is N#Cc1ccc(Cl)c(S(=O)(=O)Nc2ccc(F)cc2I)c1. The lowest BCUT2D eigenvalue weighted by atomic mass is 10.2. The molecule has 0 bridgehead atoms. The minimum atomic E-state index is -3.97. The number of halogens is 3. The number of anilines is 1. The molecule has 0 atom stereocenters. The van der Waals surface area contributed by atoms with Crippen molar-refractivity contribution in [3.63, 3.8) is 0 Å². The normalized spacial score (nSPS) is 11.0. The van der Waals surface area contributed by atoms with Crippen molar-refractivity contribution in [2.75, 3.05) is 4.72 Å². The van der Waals surface area contributed by atoms with E-state index in [1.54, 1.807) is 0 Å². The highest BCUT2D eigenvalue weighted by atomic mass is 127. The first kappa shape index (κ1) is 16.0. The van der Waals surface area contributed by atoms with Crippen molar-refractivity contribution in [3.8, 4) is 6.07 Å². The van der Waals surface area contributed by atoms with Gasteiger partial charge in [-0.05, 0) is 59.0 Å². The van der Waals surface area contributed by atoms with Gasteiger partial charge in [-0.15, -0.1) is 0 Å². The van der Waals surface area contributed by atoms with Crippen LogP contribution >= 0.6 is 34.2 Å². The average Bonchev–Trinajstić information content (AvgIpc) is 2.42. The largest absolute Gasteiger partial charge is 0.279 e. The van der Waals surface area contributed by atoms with Crippen LogP contribution in [-0.4, -0.2) is 8.42 Å². The maximum absolute atomic E-state index is 13.0. The highest BCUT2D eigenvalue weighted by Crippen LogP contribution is 2.27. The molecule has 0 saturated heterocycles. The Morgan fingerprint density at radius 2 is 1.95 bits per heavy atom. The van der Waals surface area contributed by atoms with Crippen LogP contribution in [-0.2, 0) is 10.0 Å².